The van der Waals surface area contributed by atoms with E-state index in [9.17, 15) is 4.79 Å². The summed E-state index contributed by atoms with van der Waals surface area (Å²) in [6, 6.07) is 10.3. The highest BCUT2D eigenvalue weighted by Crippen LogP contribution is 2.25. The van der Waals surface area contributed by atoms with Gasteiger partial charge >= 0.3 is 0 Å². The van der Waals surface area contributed by atoms with Crippen LogP contribution < -0.4 is 10.2 Å². The van der Waals surface area contributed by atoms with Gasteiger partial charge in [-0.1, -0.05) is 19.8 Å². The van der Waals surface area contributed by atoms with E-state index in [0.29, 0.717) is 6.42 Å². The van der Waals surface area contributed by atoms with Crippen molar-refractivity contribution in [1.29, 1.82) is 0 Å². The topological polar surface area (TPSA) is 63.1 Å². The highest BCUT2D eigenvalue weighted by molar-refractivity contribution is 5.94. The third kappa shape index (κ3) is 4.81. The van der Waals surface area contributed by atoms with Crippen molar-refractivity contribution in [2.24, 2.45) is 0 Å². The molecule has 0 fully saturated rings. The predicted molar refractivity (Wildman–Crippen MR) is 125 cm³/mol. The molecule has 6 heteroatoms. The summed E-state index contributed by atoms with van der Waals surface area (Å²) < 4.78 is 0. The van der Waals surface area contributed by atoms with Gasteiger partial charge in [0.25, 0.3) is 0 Å². The molecule has 30 heavy (non-hydrogen) atoms. The summed E-state index contributed by atoms with van der Waals surface area (Å²) >= 11 is 0. The van der Waals surface area contributed by atoms with Gasteiger partial charge in [0.2, 0.25) is 5.91 Å². The first-order valence-corrected chi connectivity index (χ1v) is 11.0. The predicted octanol–water partition coefficient (Wildman–Crippen LogP) is 5.40. The van der Waals surface area contributed by atoms with E-state index in [-0.39, 0.29) is 5.91 Å². The quantitative estimate of drug-likeness (QED) is 0.482. The Morgan fingerprint density at radius 1 is 0.967 bits per heavy atom. The van der Waals surface area contributed by atoms with E-state index in [4.69, 9.17) is 0 Å². The van der Waals surface area contributed by atoms with Gasteiger partial charge in [0, 0.05) is 30.9 Å². The van der Waals surface area contributed by atoms with Crippen molar-refractivity contribution in [3.8, 4) is 5.69 Å². The number of nitrogens with one attached hydrogen (secondary N) is 1. The summed E-state index contributed by atoms with van der Waals surface area (Å²) in [5.74, 6) is 0.0566. The van der Waals surface area contributed by atoms with Gasteiger partial charge in [0.15, 0.2) is 0 Å². The molecule has 0 saturated heterocycles. The van der Waals surface area contributed by atoms with Gasteiger partial charge in [-0.15, -0.1) is 10.2 Å². The molecule has 3 rings (SSSR count). The van der Waals surface area contributed by atoms with Crippen molar-refractivity contribution in [2.75, 3.05) is 23.3 Å². The SMILES string of the molecule is CCCCCC(=O)Nc1cc2nn(-c3ccc(N(CC)CC)cc3C)nc2cc1C. The first-order chi connectivity index (χ1) is 14.5. The van der Waals surface area contributed by atoms with Crippen LogP contribution in [0.3, 0.4) is 0 Å². The van der Waals surface area contributed by atoms with Gasteiger partial charge in [-0.3, -0.25) is 4.79 Å². The van der Waals surface area contributed by atoms with E-state index < -0.39 is 0 Å². The van der Waals surface area contributed by atoms with Gasteiger partial charge in [-0.2, -0.15) is 4.80 Å². The summed E-state index contributed by atoms with van der Waals surface area (Å²) in [4.78, 5) is 16.2. The maximum Gasteiger partial charge on any atom is 0.224 e. The zero-order valence-corrected chi connectivity index (χ0v) is 18.8. The van der Waals surface area contributed by atoms with Crippen LogP contribution in [0, 0.1) is 13.8 Å². The highest BCUT2D eigenvalue weighted by atomic mass is 16.1. The molecule has 0 unspecified atom stereocenters. The fourth-order valence-corrected chi connectivity index (χ4v) is 3.71. The number of unbranched alkanes of at least 4 members (excludes halogenated alkanes) is 2. The first-order valence-electron chi connectivity index (χ1n) is 11.0. The van der Waals surface area contributed by atoms with Gasteiger partial charge in [0.05, 0.1) is 5.69 Å². The third-order valence-electron chi connectivity index (χ3n) is 5.53. The fourth-order valence-electron chi connectivity index (χ4n) is 3.71. The average Bonchev–Trinajstić information content (AvgIpc) is 3.12. The van der Waals surface area contributed by atoms with Crippen molar-refractivity contribution in [3.05, 3.63) is 41.5 Å². The first kappa shape index (κ1) is 21.8. The van der Waals surface area contributed by atoms with Crippen LogP contribution in [0.2, 0.25) is 0 Å². The number of benzene rings is 2. The Labute approximate surface area is 179 Å². The lowest BCUT2D eigenvalue weighted by Crippen LogP contribution is -2.21. The second kappa shape index (κ2) is 9.74. The van der Waals surface area contributed by atoms with Crippen molar-refractivity contribution in [2.45, 2.75) is 60.3 Å². The number of aryl methyl sites for hydroxylation is 2. The Bertz CT molecular complexity index is 1020. The van der Waals surface area contributed by atoms with Crippen LogP contribution >= 0.6 is 0 Å². The zero-order valence-electron chi connectivity index (χ0n) is 18.8. The summed E-state index contributed by atoms with van der Waals surface area (Å²) in [5, 5.41) is 12.4. The van der Waals surface area contributed by atoms with E-state index >= 15 is 0 Å². The van der Waals surface area contributed by atoms with Crippen LogP contribution in [0.25, 0.3) is 16.7 Å². The van der Waals surface area contributed by atoms with Crippen LogP contribution in [-0.2, 0) is 4.79 Å². The maximum atomic E-state index is 12.2. The van der Waals surface area contributed by atoms with Crippen molar-refractivity contribution in [3.63, 3.8) is 0 Å². The Kier molecular flexibility index (Phi) is 7.08. The second-order valence-electron chi connectivity index (χ2n) is 7.79. The molecule has 0 spiro atoms. The Morgan fingerprint density at radius 2 is 1.67 bits per heavy atom. The van der Waals surface area contributed by atoms with E-state index in [1.165, 1.54) is 5.69 Å². The number of aromatic nitrogens is 3. The molecule has 160 valence electrons. The number of carbonyl (C=O) groups excluding carboxylic acids is 1. The molecule has 1 heterocycles. The van der Waals surface area contributed by atoms with Gasteiger partial charge in [-0.25, -0.2) is 0 Å². The van der Waals surface area contributed by atoms with E-state index in [1.54, 1.807) is 4.80 Å². The maximum absolute atomic E-state index is 12.2. The van der Waals surface area contributed by atoms with Crippen LogP contribution in [0.4, 0.5) is 11.4 Å². The minimum atomic E-state index is 0.0566. The normalized spacial score (nSPS) is 11.1. The molecule has 6 nitrogen and oxygen atoms in total. The van der Waals surface area contributed by atoms with Crippen molar-refractivity contribution >= 4 is 28.3 Å². The van der Waals surface area contributed by atoms with Crippen molar-refractivity contribution < 1.29 is 4.79 Å². The highest BCUT2D eigenvalue weighted by Gasteiger charge is 2.13. The number of carbonyl (C=O) groups is 1. The van der Waals surface area contributed by atoms with Crippen LogP contribution in [0.1, 0.15) is 57.6 Å². The second-order valence-corrected chi connectivity index (χ2v) is 7.79. The standard InChI is InChI=1S/C24H33N5O/c1-6-9-10-11-24(30)25-20-16-22-21(15-17(20)4)26-29(27-22)23-13-12-19(14-18(23)5)28(7-2)8-3/h12-16H,6-11H2,1-5H3,(H,25,30). The van der Waals surface area contributed by atoms with Gasteiger partial charge < -0.3 is 10.2 Å². The molecular formula is C24H33N5O. The molecule has 1 amide bonds. The Hall–Kier alpha value is -2.89. The number of hydrogen-bond donors (Lipinski definition) is 1. The summed E-state index contributed by atoms with van der Waals surface area (Å²) in [7, 11) is 0. The molecule has 1 aromatic heterocycles. The molecule has 0 saturated carbocycles. The number of nitrogens with zero attached hydrogens (tertiary/aromatic N) is 4. The number of anilines is 2. The molecule has 1 N–H and O–H groups in total. The lowest BCUT2D eigenvalue weighted by molar-refractivity contribution is -0.116. The number of amides is 1. The van der Waals surface area contributed by atoms with E-state index in [2.05, 4.69) is 66.3 Å². The van der Waals surface area contributed by atoms with Crippen molar-refractivity contribution in [1.82, 2.24) is 15.0 Å². The molecule has 0 radical (unpaired) electrons. The molecule has 0 atom stereocenters. The Morgan fingerprint density at radius 3 is 2.30 bits per heavy atom. The number of rotatable bonds is 9. The third-order valence-corrected chi connectivity index (χ3v) is 5.53. The van der Waals surface area contributed by atoms with Crippen LogP contribution in [-0.4, -0.2) is 34.0 Å². The summed E-state index contributed by atoms with van der Waals surface area (Å²) in [5.41, 5.74) is 6.70. The molecule has 0 aliphatic rings. The van der Waals surface area contributed by atoms with Gasteiger partial charge in [-0.05, 0) is 75.6 Å². The number of fused-ring (bicyclic) bond motifs is 1. The lowest BCUT2D eigenvalue weighted by Gasteiger charge is -2.22. The monoisotopic (exact) mass is 407 g/mol. The molecule has 2 aromatic carbocycles. The Balaban J connectivity index is 1.86. The lowest BCUT2D eigenvalue weighted by atomic mass is 10.1. The average molecular weight is 408 g/mol. The fraction of sp³-hybridized carbons (Fsp3) is 0.458. The van der Waals surface area contributed by atoms with Crippen LogP contribution in [0.5, 0.6) is 0 Å². The van der Waals surface area contributed by atoms with Crippen LogP contribution in [0.15, 0.2) is 30.3 Å². The largest absolute Gasteiger partial charge is 0.372 e. The molecular weight excluding hydrogens is 374 g/mol. The smallest absolute Gasteiger partial charge is 0.224 e. The molecule has 0 bridgehead atoms. The summed E-state index contributed by atoms with van der Waals surface area (Å²) in [6.07, 6.45) is 3.65. The zero-order chi connectivity index (χ0) is 21.7. The summed E-state index contributed by atoms with van der Waals surface area (Å²) in [6.45, 7) is 12.5. The molecule has 3 aromatic rings. The molecule has 0 aliphatic heterocycles. The van der Waals surface area contributed by atoms with E-state index in [1.807, 2.05) is 19.1 Å². The van der Waals surface area contributed by atoms with Gasteiger partial charge in [0.1, 0.15) is 11.0 Å². The minimum absolute atomic E-state index is 0.0566. The minimum Gasteiger partial charge on any atom is -0.372 e. The molecule has 0 aliphatic carbocycles. The number of hydrogen-bond acceptors (Lipinski definition) is 4. The van der Waals surface area contributed by atoms with E-state index in [0.717, 1.165) is 65.9 Å².